The fourth-order valence-electron chi connectivity index (χ4n) is 2.34. The Labute approximate surface area is 127 Å². The molecule has 2 heterocycles. The number of aliphatic hydroxyl groups excluding tert-OH is 1. The molecule has 21 heavy (non-hydrogen) atoms. The minimum Gasteiger partial charge on any atom is -0.391 e. The summed E-state index contributed by atoms with van der Waals surface area (Å²) >= 11 is 1.48. The number of urea groups is 1. The van der Waals surface area contributed by atoms with Gasteiger partial charge in [-0.3, -0.25) is 5.32 Å². The first-order valence-corrected chi connectivity index (χ1v) is 7.75. The zero-order chi connectivity index (χ0) is 14.7. The van der Waals surface area contributed by atoms with Crippen molar-refractivity contribution >= 4 is 22.5 Å². The molecule has 2 amide bonds. The van der Waals surface area contributed by atoms with E-state index >= 15 is 0 Å². The van der Waals surface area contributed by atoms with Crippen LogP contribution in [0.3, 0.4) is 0 Å². The van der Waals surface area contributed by atoms with Gasteiger partial charge < -0.3 is 10.0 Å². The maximum absolute atomic E-state index is 12.0. The second kappa shape index (κ2) is 6.24. The van der Waals surface area contributed by atoms with Gasteiger partial charge in [-0.25, -0.2) is 9.78 Å². The van der Waals surface area contributed by atoms with Crippen molar-refractivity contribution in [2.24, 2.45) is 0 Å². The molecule has 6 heteroatoms. The number of β-amino-alcohol motifs (C(OH)–C–C–N with tert-alkyl or cyclic N) is 1. The number of hydrogen-bond acceptors (Lipinski definition) is 4. The number of aliphatic hydroxyl groups is 1. The second-order valence-corrected chi connectivity index (χ2v) is 6.23. The van der Waals surface area contributed by atoms with Gasteiger partial charge in [0.15, 0.2) is 5.13 Å². The van der Waals surface area contributed by atoms with Crippen molar-refractivity contribution in [3.63, 3.8) is 0 Å². The van der Waals surface area contributed by atoms with Crippen molar-refractivity contribution in [2.75, 3.05) is 18.4 Å². The van der Waals surface area contributed by atoms with Crippen LogP contribution in [0.2, 0.25) is 0 Å². The van der Waals surface area contributed by atoms with Gasteiger partial charge in [0, 0.05) is 30.6 Å². The average molecular weight is 303 g/mol. The molecule has 0 aliphatic carbocycles. The number of rotatable bonds is 3. The van der Waals surface area contributed by atoms with Crippen LogP contribution in [0.15, 0.2) is 36.5 Å². The molecule has 5 nitrogen and oxygen atoms in total. The van der Waals surface area contributed by atoms with Gasteiger partial charge in [-0.05, 0) is 12.0 Å². The topological polar surface area (TPSA) is 65.5 Å². The van der Waals surface area contributed by atoms with Crippen LogP contribution in [-0.4, -0.2) is 40.2 Å². The van der Waals surface area contributed by atoms with E-state index < -0.39 is 6.10 Å². The third-order valence-electron chi connectivity index (χ3n) is 3.44. The number of carbonyl (C=O) groups is 1. The first-order chi connectivity index (χ1) is 10.2. The molecular weight excluding hydrogens is 286 g/mol. The van der Waals surface area contributed by atoms with Crippen molar-refractivity contribution < 1.29 is 9.90 Å². The zero-order valence-electron chi connectivity index (χ0n) is 11.5. The molecule has 1 atom stereocenters. The maximum Gasteiger partial charge on any atom is 0.323 e. The molecule has 1 fully saturated rings. The average Bonchev–Trinajstić information content (AvgIpc) is 3.09. The number of thiazole rings is 1. The quantitative estimate of drug-likeness (QED) is 0.914. The van der Waals surface area contributed by atoms with Crippen LogP contribution in [0, 0.1) is 0 Å². The molecule has 2 N–H and O–H groups in total. The van der Waals surface area contributed by atoms with Crippen molar-refractivity contribution in [2.45, 2.75) is 18.9 Å². The van der Waals surface area contributed by atoms with Crippen LogP contribution in [0.4, 0.5) is 9.93 Å². The van der Waals surface area contributed by atoms with Gasteiger partial charge in [-0.2, -0.15) is 0 Å². The van der Waals surface area contributed by atoms with Crippen molar-refractivity contribution in [3.8, 4) is 0 Å². The van der Waals surface area contributed by atoms with E-state index in [0.717, 1.165) is 11.3 Å². The Balaban J connectivity index is 1.59. The lowest BCUT2D eigenvalue weighted by molar-refractivity contribution is 0.176. The largest absolute Gasteiger partial charge is 0.391 e. The third kappa shape index (κ3) is 3.59. The lowest BCUT2D eigenvalue weighted by atomic mass is 10.1. The van der Waals surface area contributed by atoms with E-state index in [2.05, 4.69) is 22.4 Å². The number of carbonyl (C=O) groups excluding carboxylic acids is 1. The number of anilines is 1. The molecule has 1 aliphatic heterocycles. The van der Waals surface area contributed by atoms with E-state index in [0.29, 0.717) is 24.6 Å². The Hall–Kier alpha value is -1.92. The molecule has 3 rings (SSSR count). The number of benzene rings is 1. The van der Waals surface area contributed by atoms with Gasteiger partial charge in [0.1, 0.15) is 0 Å². The fourth-order valence-corrected chi connectivity index (χ4v) is 3.18. The smallest absolute Gasteiger partial charge is 0.323 e. The molecule has 0 bridgehead atoms. The van der Waals surface area contributed by atoms with Crippen LogP contribution in [-0.2, 0) is 6.42 Å². The van der Waals surface area contributed by atoms with E-state index in [1.54, 1.807) is 11.1 Å². The van der Waals surface area contributed by atoms with E-state index in [9.17, 15) is 9.90 Å². The van der Waals surface area contributed by atoms with E-state index in [-0.39, 0.29) is 6.03 Å². The van der Waals surface area contributed by atoms with Gasteiger partial charge in [-0.15, -0.1) is 11.3 Å². The normalized spacial score (nSPS) is 18.0. The monoisotopic (exact) mass is 303 g/mol. The highest BCUT2D eigenvalue weighted by Crippen LogP contribution is 2.22. The Kier molecular flexibility index (Phi) is 4.17. The van der Waals surface area contributed by atoms with Crippen LogP contribution < -0.4 is 5.32 Å². The Morgan fingerprint density at radius 1 is 1.43 bits per heavy atom. The Morgan fingerprint density at radius 2 is 2.24 bits per heavy atom. The van der Waals surface area contributed by atoms with Gasteiger partial charge in [0.05, 0.1) is 6.10 Å². The van der Waals surface area contributed by atoms with E-state index in [1.165, 1.54) is 16.9 Å². The molecule has 2 aromatic rings. The van der Waals surface area contributed by atoms with E-state index in [1.807, 2.05) is 18.2 Å². The van der Waals surface area contributed by atoms with Crippen LogP contribution in [0.1, 0.15) is 16.9 Å². The zero-order valence-corrected chi connectivity index (χ0v) is 12.3. The predicted octanol–water partition coefficient (Wildman–Crippen LogP) is 2.33. The summed E-state index contributed by atoms with van der Waals surface area (Å²) in [6, 6.07) is 9.97. The standard InChI is InChI=1S/C15H17N3O2S/c19-12-6-7-18(10-12)15(20)17-14-16-9-13(21-14)8-11-4-2-1-3-5-11/h1-5,9,12,19H,6-8,10H2,(H,16,17,20)/t12-/m0/s1. The first kappa shape index (κ1) is 14.0. The van der Waals surface area contributed by atoms with E-state index in [4.69, 9.17) is 0 Å². The number of hydrogen-bond donors (Lipinski definition) is 2. The molecule has 0 saturated carbocycles. The summed E-state index contributed by atoms with van der Waals surface area (Å²) in [6.45, 7) is 0.989. The summed E-state index contributed by atoms with van der Waals surface area (Å²) in [4.78, 5) is 19.0. The second-order valence-electron chi connectivity index (χ2n) is 5.11. The summed E-state index contributed by atoms with van der Waals surface area (Å²) in [7, 11) is 0. The third-order valence-corrected chi connectivity index (χ3v) is 4.35. The lowest BCUT2D eigenvalue weighted by Gasteiger charge is -2.14. The molecule has 0 radical (unpaired) electrons. The molecule has 1 aromatic heterocycles. The molecule has 110 valence electrons. The molecular formula is C15H17N3O2S. The minimum atomic E-state index is -0.402. The molecule has 1 saturated heterocycles. The van der Waals surface area contributed by atoms with Crippen LogP contribution in [0.25, 0.3) is 0 Å². The van der Waals surface area contributed by atoms with Crippen molar-refractivity contribution in [1.82, 2.24) is 9.88 Å². The van der Waals surface area contributed by atoms with Crippen molar-refractivity contribution in [1.29, 1.82) is 0 Å². The Morgan fingerprint density at radius 3 is 2.95 bits per heavy atom. The van der Waals surface area contributed by atoms with Gasteiger partial charge in [0.2, 0.25) is 0 Å². The Bertz CT molecular complexity index is 614. The number of nitrogens with one attached hydrogen (secondary N) is 1. The van der Waals surface area contributed by atoms with Crippen LogP contribution >= 0.6 is 11.3 Å². The molecule has 0 unspecified atom stereocenters. The van der Waals surface area contributed by atoms with Gasteiger partial charge in [0.25, 0.3) is 0 Å². The van der Waals surface area contributed by atoms with Gasteiger partial charge >= 0.3 is 6.03 Å². The van der Waals surface area contributed by atoms with Gasteiger partial charge in [-0.1, -0.05) is 30.3 Å². The van der Waals surface area contributed by atoms with Crippen molar-refractivity contribution in [3.05, 3.63) is 47.0 Å². The number of likely N-dealkylation sites (tertiary alicyclic amines) is 1. The first-order valence-electron chi connectivity index (χ1n) is 6.93. The number of amides is 2. The molecule has 1 aliphatic rings. The highest BCUT2D eigenvalue weighted by Gasteiger charge is 2.24. The predicted molar refractivity (Wildman–Crippen MR) is 82.6 cm³/mol. The summed E-state index contributed by atoms with van der Waals surface area (Å²) in [5.41, 5.74) is 1.22. The number of nitrogens with zero attached hydrogens (tertiary/aromatic N) is 2. The molecule has 0 spiro atoms. The summed E-state index contributed by atoms with van der Waals surface area (Å²) in [5.74, 6) is 0. The SMILES string of the molecule is O=C(Nc1ncc(Cc2ccccc2)s1)N1CC[C@H](O)C1. The molecule has 1 aromatic carbocycles. The highest BCUT2D eigenvalue weighted by atomic mass is 32.1. The summed E-state index contributed by atoms with van der Waals surface area (Å²) in [5, 5.41) is 12.8. The minimum absolute atomic E-state index is 0.188. The van der Waals surface area contributed by atoms with Crippen LogP contribution in [0.5, 0.6) is 0 Å². The fraction of sp³-hybridized carbons (Fsp3) is 0.333. The summed E-state index contributed by atoms with van der Waals surface area (Å²) < 4.78 is 0. The number of aromatic nitrogens is 1. The maximum atomic E-state index is 12.0. The summed E-state index contributed by atoms with van der Waals surface area (Å²) in [6.07, 6.45) is 2.86. The highest BCUT2D eigenvalue weighted by molar-refractivity contribution is 7.15. The lowest BCUT2D eigenvalue weighted by Crippen LogP contribution is -2.33.